The van der Waals surface area contributed by atoms with Gasteiger partial charge in [-0.2, -0.15) is 0 Å². The van der Waals surface area contributed by atoms with Gasteiger partial charge in [0.15, 0.2) is 4.67 Å². The predicted octanol–water partition coefficient (Wildman–Crippen LogP) is 2.71. The second kappa shape index (κ2) is 4.75. The van der Waals surface area contributed by atoms with Crippen molar-refractivity contribution >= 4 is 15.9 Å². The summed E-state index contributed by atoms with van der Waals surface area (Å²) < 4.78 is 6.44. The van der Waals surface area contributed by atoms with E-state index >= 15 is 0 Å². The molecule has 0 aromatic carbocycles. The predicted molar refractivity (Wildman–Crippen MR) is 70.9 cm³/mol. The monoisotopic (exact) mass is 298 g/mol. The second-order valence-electron chi connectivity index (χ2n) is 5.28. The van der Waals surface area contributed by atoms with Gasteiger partial charge in [-0.05, 0) is 54.4 Å². The van der Waals surface area contributed by atoms with E-state index in [4.69, 9.17) is 4.42 Å². The van der Waals surface area contributed by atoms with E-state index in [2.05, 4.69) is 38.7 Å². The zero-order valence-corrected chi connectivity index (χ0v) is 11.8. The molecule has 2 saturated heterocycles. The van der Waals surface area contributed by atoms with Crippen molar-refractivity contribution in [2.45, 2.75) is 38.4 Å². The molecule has 0 radical (unpaired) electrons. The van der Waals surface area contributed by atoms with Crippen LogP contribution in [-0.2, 0) is 6.54 Å². The third-order valence-electron chi connectivity index (χ3n) is 4.05. The molecule has 1 aromatic heterocycles. The highest BCUT2D eigenvalue weighted by molar-refractivity contribution is 9.10. The van der Waals surface area contributed by atoms with Crippen LogP contribution in [0.5, 0.6) is 0 Å². The smallest absolute Gasteiger partial charge is 0.169 e. The molecule has 2 aliphatic heterocycles. The molecule has 1 aromatic rings. The fraction of sp³-hybridized carbons (Fsp3) is 0.692. The normalized spacial score (nSPS) is 30.7. The van der Waals surface area contributed by atoms with Crippen molar-refractivity contribution in [3.63, 3.8) is 0 Å². The molecular weight excluding hydrogens is 280 g/mol. The second-order valence-corrected chi connectivity index (χ2v) is 6.06. The average molecular weight is 299 g/mol. The largest absolute Gasteiger partial charge is 0.453 e. The number of nitrogens with zero attached hydrogens (tertiary/aromatic N) is 2. The first-order chi connectivity index (χ1) is 8.22. The number of halogens is 1. The van der Waals surface area contributed by atoms with Gasteiger partial charge in [-0.3, -0.25) is 9.80 Å². The van der Waals surface area contributed by atoms with E-state index < -0.39 is 0 Å². The summed E-state index contributed by atoms with van der Waals surface area (Å²) in [6.07, 6.45) is 2.74. The number of hydrogen-bond donors (Lipinski definition) is 0. The van der Waals surface area contributed by atoms with Gasteiger partial charge < -0.3 is 4.42 Å². The Morgan fingerprint density at radius 3 is 3.06 bits per heavy atom. The standard InChI is InChI=1S/C13H19BrN2O/c1-10-7-15-6-2-3-11(15)8-16(10)9-12-4-5-13(14)17-12/h4-5,10-11H,2-3,6-9H2,1H3/t10-,11+/m1/s1. The van der Waals surface area contributed by atoms with Crippen LogP contribution in [0.4, 0.5) is 0 Å². The lowest BCUT2D eigenvalue weighted by atomic mass is 10.1. The summed E-state index contributed by atoms with van der Waals surface area (Å²) in [6.45, 7) is 6.98. The molecule has 0 aliphatic carbocycles. The maximum atomic E-state index is 5.61. The van der Waals surface area contributed by atoms with Gasteiger partial charge >= 0.3 is 0 Å². The fourth-order valence-electron chi connectivity index (χ4n) is 3.11. The molecular formula is C13H19BrN2O. The van der Waals surface area contributed by atoms with E-state index in [1.165, 1.54) is 32.5 Å². The van der Waals surface area contributed by atoms with Crippen molar-refractivity contribution in [3.8, 4) is 0 Å². The molecule has 0 amide bonds. The minimum Gasteiger partial charge on any atom is -0.453 e. The van der Waals surface area contributed by atoms with Gasteiger partial charge in [0.25, 0.3) is 0 Å². The third-order valence-corrected chi connectivity index (χ3v) is 4.48. The van der Waals surface area contributed by atoms with E-state index in [1.807, 2.05) is 6.07 Å². The van der Waals surface area contributed by atoms with E-state index in [9.17, 15) is 0 Å². The Kier molecular flexibility index (Phi) is 3.28. The van der Waals surface area contributed by atoms with Crippen molar-refractivity contribution in [3.05, 3.63) is 22.6 Å². The molecule has 0 bridgehead atoms. The van der Waals surface area contributed by atoms with Gasteiger partial charge in [0.1, 0.15) is 5.76 Å². The summed E-state index contributed by atoms with van der Waals surface area (Å²) in [5.41, 5.74) is 0. The van der Waals surface area contributed by atoms with Gasteiger partial charge in [0.05, 0.1) is 6.54 Å². The summed E-state index contributed by atoms with van der Waals surface area (Å²) in [5, 5.41) is 0. The number of furan rings is 1. The van der Waals surface area contributed by atoms with E-state index in [1.54, 1.807) is 0 Å². The maximum absolute atomic E-state index is 5.61. The van der Waals surface area contributed by atoms with Gasteiger partial charge in [-0.15, -0.1) is 0 Å². The van der Waals surface area contributed by atoms with Gasteiger partial charge in [0, 0.05) is 25.2 Å². The van der Waals surface area contributed by atoms with Gasteiger partial charge in [-0.1, -0.05) is 0 Å². The summed E-state index contributed by atoms with van der Waals surface area (Å²) in [5.74, 6) is 1.06. The Balaban J connectivity index is 1.66. The molecule has 3 heterocycles. The lowest BCUT2D eigenvalue weighted by molar-refractivity contribution is 0.0492. The van der Waals surface area contributed by atoms with Crippen molar-refractivity contribution in [2.24, 2.45) is 0 Å². The molecule has 0 spiro atoms. The van der Waals surface area contributed by atoms with E-state index in [-0.39, 0.29) is 0 Å². The zero-order chi connectivity index (χ0) is 11.8. The van der Waals surface area contributed by atoms with Crippen LogP contribution < -0.4 is 0 Å². The minimum atomic E-state index is 0.633. The average Bonchev–Trinajstić information content (AvgIpc) is 2.88. The lowest BCUT2D eigenvalue weighted by Gasteiger charge is -2.41. The van der Waals surface area contributed by atoms with E-state index in [0.717, 1.165) is 23.0 Å². The quantitative estimate of drug-likeness (QED) is 0.837. The summed E-state index contributed by atoms with van der Waals surface area (Å²) in [6, 6.07) is 5.46. The van der Waals surface area contributed by atoms with Crippen LogP contribution in [0.2, 0.25) is 0 Å². The maximum Gasteiger partial charge on any atom is 0.169 e. The van der Waals surface area contributed by atoms with Crippen molar-refractivity contribution < 1.29 is 4.42 Å². The summed E-state index contributed by atoms with van der Waals surface area (Å²) in [4.78, 5) is 5.21. The Morgan fingerprint density at radius 1 is 1.41 bits per heavy atom. The highest BCUT2D eigenvalue weighted by Gasteiger charge is 2.34. The lowest BCUT2D eigenvalue weighted by Crippen LogP contribution is -2.54. The Morgan fingerprint density at radius 2 is 2.29 bits per heavy atom. The van der Waals surface area contributed by atoms with Gasteiger partial charge in [-0.25, -0.2) is 0 Å². The number of hydrogen-bond acceptors (Lipinski definition) is 3. The molecule has 94 valence electrons. The Hall–Kier alpha value is -0.320. The topological polar surface area (TPSA) is 19.6 Å². The van der Waals surface area contributed by atoms with Crippen LogP contribution in [0, 0.1) is 0 Å². The van der Waals surface area contributed by atoms with Crippen LogP contribution in [-0.4, -0.2) is 41.5 Å². The summed E-state index contributed by atoms with van der Waals surface area (Å²) >= 11 is 3.36. The van der Waals surface area contributed by atoms with Crippen LogP contribution in [0.3, 0.4) is 0 Å². The molecule has 0 saturated carbocycles. The SMILES string of the molecule is C[C@@H]1CN2CCC[C@H]2CN1Cc1ccc(Br)o1. The number of piperazine rings is 1. The molecule has 3 nitrogen and oxygen atoms in total. The first-order valence-electron chi connectivity index (χ1n) is 6.44. The first kappa shape index (κ1) is 11.8. The van der Waals surface area contributed by atoms with Crippen molar-refractivity contribution in [1.82, 2.24) is 9.80 Å². The Labute approximate surface area is 111 Å². The molecule has 2 fully saturated rings. The molecule has 2 aliphatic rings. The molecule has 3 rings (SSSR count). The van der Waals surface area contributed by atoms with Crippen LogP contribution >= 0.6 is 15.9 Å². The van der Waals surface area contributed by atoms with Crippen LogP contribution in [0.1, 0.15) is 25.5 Å². The number of rotatable bonds is 2. The highest BCUT2D eigenvalue weighted by Crippen LogP contribution is 2.26. The Bertz CT molecular complexity index is 393. The molecule has 2 atom stereocenters. The molecule has 17 heavy (non-hydrogen) atoms. The molecule has 0 N–H and O–H groups in total. The minimum absolute atomic E-state index is 0.633. The fourth-order valence-corrected chi connectivity index (χ4v) is 3.45. The number of fused-ring (bicyclic) bond motifs is 1. The van der Waals surface area contributed by atoms with Crippen molar-refractivity contribution in [2.75, 3.05) is 19.6 Å². The van der Waals surface area contributed by atoms with Crippen LogP contribution in [0.25, 0.3) is 0 Å². The molecule has 4 heteroatoms. The van der Waals surface area contributed by atoms with Gasteiger partial charge in [0.2, 0.25) is 0 Å². The summed E-state index contributed by atoms with van der Waals surface area (Å²) in [7, 11) is 0. The highest BCUT2D eigenvalue weighted by atomic mass is 79.9. The van der Waals surface area contributed by atoms with Crippen molar-refractivity contribution in [1.29, 1.82) is 0 Å². The first-order valence-corrected chi connectivity index (χ1v) is 7.24. The third kappa shape index (κ3) is 2.44. The van der Waals surface area contributed by atoms with E-state index in [0.29, 0.717) is 6.04 Å². The van der Waals surface area contributed by atoms with Crippen LogP contribution in [0.15, 0.2) is 21.2 Å². The molecule has 0 unspecified atom stereocenters. The zero-order valence-electron chi connectivity index (χ0n) is 10.2.